The maximum Gasteiger partial charge on any atom is 0.416 e. The molecule has 2 N–H and O–H groups in total. The number of fused-ring (bicyclic) bond motifs is 1. The Morgan fingerprint density at radius 1 is 1.03 bits per heavy atom. The number of benzene rings is 2. The molecule has 2 aromatic heterocycles. The van der Waals surface area contributed by atoms with Crippen LogP contribution in [0.2, 0.25) is 0 Å². The second-order valence-electron chi connectivity index (χ2n) is 9.08. The van der Waals surface area contributed by atoms with E-state index in [0.29, 0.717) is 10.9 Å². The third kappa shape index (κ3) is 6.36. The summed E-state index contributed by atoms with van der Waals surface area (Å²) in [6.45, 7) is 1.86. The molecule has 0 spiro atoms. The molecule has 0 saturated heterocycles. The monoisotopic (exact) mass is 549 g/mol. The Bertz CT molecular complexity index is 1540. The van der Waals surface area contributed by atoms with Crippen molar-refractivity contribution in [1.29, 1.82) is 0 Å². The number of rotatable bonds is 7. The van der Waals surface area contributed by atoms with Gasteiger partial charge in [0.2, 0.25) is 0 Å². The SMILES string of the molecule is CC(C)(F)C(=O)NCc1cnc(C(F)F)c(C(=O)Nc2ccc3nn(-c4cccc(C(F)(F)F)c4)cc3c2)c1. The third-order valence-corrected chi connectivity index (χ3v) is 5.62. The van der Waals surface area contributed by atoms with Crippen LogP contribution in [0.3, 0.4) is 0 Å². The fraction of sp³-hybridized carbons (Fsp3) is 0.231. The van der Waals surface area contributed by atoms with Crippen LogP contribution in [0.5, 0.6) is 0 Å². The summed E-state index contributed by atoms with van der Waals surface area (Å²) in [5, 5.41) is 9.51. The fourth-order valence-electron chi connectivity index (χ4n) is 3.62. The standard InChI is InChI=1S/C26H21F6N5O2/c1-25(2,29)24(39)34-12-14-8-19(21(22(27)28)33-11-14)23(38)35-17-6-7-20-15(9-17)13-37(36-20)18-5-3-4-16(10-18)26(30,31)32/h3-11,13,22H,12H2,1-2H3,(H,34,39)(H,35,38). The topological polar surface area (TPSA) is 88.9 Å². The molecular weight excluding hydrogens is 528 g/mol. The summed E-state index contributed by atoms with van der Waals surface area (Å²) in [4.78, 5) is 28.3. The Morgan fingerprint density at radius 2 is 1.77 bits per heavy atom. The number of hydrogen-bond acceptors (Lipinski definition) is 4. The molecule has 0 aliphatic heterocycles. The van der Waals surface area contributed by atoms with Crippen molar-refractivity contribution in [2.24, 2.45) is 0 Å². The number of pyridine rings is 1. The number of amides is 2. The molecule has 0 fully saturated rings. The number of nitrogens with one attached hydrogen (secondary N) is 2. The summed E-state index contributed by atoms with van der Waals surface area (Å²) in [7, 11) is 0. The van der Waals surface area contributed by atoms with Gasteiger partial charge in [0.05, 0.1) is 22.3 Å². The Morgan fingerprint density at radius 3 is 2.44 bits per heavy atom. The Kier molecular flexibility index (Phi) is 7.35. The average Bonchev–Trinajstić information content (AvgIpc) is 3.29. The molecular formula is C26H21F6N5O2. The molecule has 0 atom stereocenters. The summed E-state index contributed by atoms with van der Waals surface area (Å²) < 4.78 is 81.3. The zero-order chi connectivity index (χ0) is 28.5. The second kappa shape index (κ2) is 10.4. The molecule has 4 aromatic rings. The average molecular weight is 549 g/mol. The Labute approximate surface area is 217 Å². The first-order valence-corrected chi connectivity index (χ1v) is 11.4. The van der Waals surface area contributed by atoms with Gasteiger partial charge in [-0.2, -0.15) is 18.3 Å². The highest BCUT2D eigenvalue weighted by Gasteiger charge is 2.30. The summed E-state index contributed by atoms with van der Waals surface area (Å²) in [5.74, 6) is -1.84. The number of nitrogens with zero attached hydrogens (tertiary/aromatic N) is 3. The number of aromatic nitrogens is 3. The van der Waals surface area contributed by atoms with E-state index in [2.05, 4.69) is 20.7 Å². The lowest BCUT2D eigenvalue weighted by atomic mass is 10.1. The van der Waals surface area contributed by atoms with Crippen LogP contribution in [0, 0.1) is 0 Å². The van der Waals surface area contributed by atoms with E-state index in [1.807, 2.05) is 0 Å². The molecule has 2 amide bonds. The number of halogens is 6. The number of carbonyl (C=O) groups is 2. The lowest BCUT2D eigenvalue weighted by Crippen LogP contribution is -2.38. The molecule has 0 bridgehead atoms. The summed E-state index contributed by atoms with van der Waals surface area (Å²) in [5.41, 5.74) is -3.26. The predicted octanol–water partition coefficient (Wildman–Crippen LogP) is 5.99. The fourth-order valence-corrected chi connectivity index (χ4v) is 3.62. The van der Waals surface area contributed by atoms with Crippen LogP contribution in [0.4, 0.5) is 32.0 Å². The Balaban J connectivity index is 1.57. The molecule has 13 heteroatoms. The number of anilines is 1. The molecule has 0 saturated carbocycles. The summed E-state index contributed by atoms with van der Waals surface area (Å²) >= 11 is 0. The zero-order valence-corrected chi connectivity index (χ0v) is 20.5. The van der Waals surface area contributed by atoms with Gasteiger partial charge >= 0.3 is 6.18 Å². The highest BCUT2D eigenvalue weighted by Crippen LogP contribution is 2.31. The molecule has 0 aliphatic rings. The molecule has 0 radical (unpaired) electrons. The van der Waals surface area contributed by atoms with Gasteiger partial charge in [-0.15, -0.1) is 0 Å². The van der Waals surface area contributed by atoms with Crippen molar-refractivity contribution in [3.63, 3.8) is 0 Å². The number of hydrogen-bond donors (Lipinski definition) is 2. The van der Waals surface area contributed by atoms with Gasteiger partial charge in [0.1, 0.15) is 5.69 Å². The highest BCUT2D eigenvalue weighted by molar-refractivity contribution is 6.06. The van der Waals surface area contributed by atoms with E-state index in [0.717, 1.165) is 38.2 Å². The van der Waals surface area contributed by atoms with Crippen LogP contribution < -0.4 is 10.6 Å². The maximum absolute atomic E-state index is 13.7. The highest BCUT2D eigenvalue weighted by atomic mass is 19.4. The summed E-state index contributed by atoms with van der Waals surface area (Å²) in [6, 6.07) is 10.1. The first kappa shape index (κ1) is 27.6. The lowest BCUT2D eigenvalue weighted by Gasteiger charge is -2.15. The van der Waals surface area contributed by atoms with Crippen molar-refractivity contribution in [3.05, 3.63) is 83.3 Å². The van der Waals surface area contributed by atoms with E-state index in [9.17, 15) is 35.9 Å². The van der Waals surface area contributed by atoms with Gasteiger partial charge in [0, 0.05) is 30.0 Å². The molecule has 7 nitrogen and oxygen atoms in total. The van der Waals surface area contributed by atoms with E-state index in [1.54, 1.807) is 0 Å². The van der Waals surface area contributed by atoms with Crippen molar-refractivity contribution in [2.45, 2.75) is 38.7 Å². The van der Waals surface area contributed by atoms with Crippen LogP contribution in [0.25, 0.3) is 16.6 Å². The molecule has 2 aromatic carbocycles. The molecule has 0 aliphatic carbocycles. The number of alkyl halides is 6. The lowest BCUT2D eigenvalue weighted by molar-refractivity contribution is -0.137. The van der Waals surface area contributed by atoms with Crippen LogP contribution in [0.1, 0.15) is 47.5 Å². The van der Waals surface area contributed by atoms with E-state index in [4.69, 9.17) is 0 Å². The molecule has 2 heterocycles. The maximum atomic E-state index is 13.7. The first-order valence-electron chi connectivity index (χ1n) is 11.4. The largest absolute Gasteiger partial charge is 0.416 e. The van der Waals surface area contributed by atoms with Crippen LogP contribution >= 0.6 is 0 Å². The zero-order valence-electron chi connectivity index (χ0n) is 20.5. The van der Waals surface area contributed by atoms with Gasteiger partial charge < -0.3 is 10.6 Å². The van der Waals surface area contributed by atoms with E-state index in [1.165, 1.54) is 41.2 Å². The molecule has 39 heavy (non-hydrogen) atoms. The van der Waals surface area contributed by atoms with Crippen molar-refractivity contribution in [3.8, 4) is 5.69 Å². The van der Waals surface area contributed by atoms with E-state index >= 15 is 0 Å². The van der Waals surface area contributed by atoms with Crippen LogP contribution in [0.15, 0.2) is 60.9 Å². The minimum atomic E-state index is -4.53. The van der Waals surface area contributed by atoms with Gasteiger partial charge in [0.25, 0.3) is 18.2 Å². The van der Waals surface area contributed by atoms with Gasteiger partial charge in [-0.1, -0.05) is 6.07 Å². The minimum absolute atomic E-state index is 0.166. The van der Waals surface area contributed by atoms with Crippen LogP contribution in [-0.4, -0.2) is 32.2 Å². The second-order valence-corrected chi connectivity index (χ2v) is 9.08. The van der Waals surface area contributed by atoms with E-state index in [-0.39, 0.29) is 23.5 Å². The molecule has 4 rings (SSSR count). The number of carbonyl (C=O) groups excluding carboxylic acids is 2. The predicted molar refractivity (Wildman–Crippen MR) is 130 cm³/mol. The third-order valence-electron chi connectivity index (χ3n) is 5.62. The van der Waals surface area contributed by atoms with Crippen molar-refractivity contribution >= 4 is 28.4 Å². The van der Waals surface area contributed by atoms with Crippen molar-refractivity contribution in [1.82, 2.24) is 20.1 Å². The minimum Gasteiger partial charge on any atom is -0.349 e. The normalized spacial score (nSPS) is 12.1. The first-order chi connectivity index (χ1) is 18.2. The molecule has 0 unspecified atom stereocenters. The Hall–Kier alpha value is -4.42. The van der Waals surface area contributed by atoms with Gasteiger partial charge in [-0.3, -0.25) is 14.6 Å². The van der Waals surface area contributed by atoms with Crippen molar-refractivity contribution in [2.75, 3.05) is 5.32 Å². The molecule has 204 valence electrons. The van der Waals surface area contributed by atoms with Gasteiger partial charge in [-0.05, 0) is 61.9 Å². The van der Waals surface area contributed by atoms with Gasteiger partial charge in [0.15, 0.2) is 5.67 Å². The van der Waals surface area contributed by atoms with E-state index < -0.39 is 46.9 Å². The van der Waals surface area contributed by atoms with Crippen molar-refractivity contribution < 1.29 is 35.9 Å². The summed E-state index contributed by atoms with van der Waals surface area (Å²) in [6.07, 6.45) is -5.09. The quantitative estimate of drug-likeness (QED) is 0.277. The smallest absolute Gasteiger partial charge is 0.349 e. The van der Waals surface area contributed by atoms with Gasteiger partial charge in [-0.25, -0.2) is 17.9 Å². The van der Waals surface area contributed by atoms with Crippen LogP contribution in [-0.2, 0) is 17.5 Å².